The fourth-order valence-corrected chi connectivity index (χ4v) is 5.02. The lowest BCUT2D eigenvalue weighted by Crippen LogP contribution is -2.17. The lowest BCUT2D eigenvalue weighted by atomic mass is 10.2. The Morgan fingerprint density at radius 3 is 1.24 bits per heavy atom. The van der Waals surface area contributed by atoms with Crippen LogP contribution in [-0.4, -0.2) is 26.7 Å². The zero-order chi connectivity index (χ0) is 25.3. The van der Waals surface area contributed by atoms with Crippen LogP contribution in [0.1, 0.15) is 11.1 Å². The molecule has 12 nitrogen and oxygen atoms in total. The summed E-state index contributed by atoms with van der Waals surface area (Å²) >= 11 is 0. The van der Waals surface area contributed by atoms with Gasteiger partial charge >= 0.3 is 0 Å². The fraction of sp³-hybridized carbons (Fsp3) is 0.100. The number of nitro benzene ring substituents is 2. The minimum Gasteiger partial charge on any atom is -0.273 e. The predicted octanol–water partition coefficient (Wildman–Crippen LogP) is 3.72. The largest absolute Gasteiger partial charge is 0.300 e. The molecule has 0 heterocycles. The molecule has 0 aliphatic carbocycles. The van der Waals surface area contributed by atoms with E-state index in [2.05, 4.69) is 0 Å². The molecule has 3 aromatic rings. The molecule has 0 saturated heterocycles. The van der Waals surface area contributed by atoms with Crippen molar-refractivity contribution < 1.29 is 26.7 Å². The standard InChI is InChI=1S/C20H18N4O8S2/c1-13-3-7-15(8-4-13)33(29,30)21-17-11-18(20(24(27)28)12-19(17)23(25)26)22-34(31,32)16-9-5-14(2)6-10-16/h3-12,21-22H,1-2H3. The molecule has 0 bridgehead atoms. The van der Waals surface area contributed by atoms with Crippen molar-refractivity contribution >= 4 is 42.8 Å². The molecule has 0 amide bonds. The maximum absolute atomic E-state index is 12.8. The monoisotopic (exact) mass is 506 g/mol. The minimum atomic E-state index is -4.34. The summed E-state index contributed by atoms with van der Waals surface area (Å²) < 4.78 is 55.0. The van der Waals surface area contributed by atoms with Gasteiger partial charge in [0.15, 0.2) is 0 Å². The smallest absolute Gasteiger partial charge is 0.273 e. The van der Waals surface area contributed by atoms with E-state index in [1.165, 1.54) is 48.5 Å². The maximum Gasteiger partial charge on any atom is 0.300 e. The Kier molecular flexibility index (Phi) is 6.56. The molecule has 2 N–H and O–H groups in total. The van der Waals surface area contributed by atoms with Gasteiger partial charge in [0.25, 0.3) is 31.4 Å². The second-order valence-electron chi connectivity index (χ2n) is 7.24. The van der Waals surface area contributed by atoms with Gasteiger partial charge in [0.2, 0.25) is 0 Å². The van der Waals surface area contributed by atoms with Gasteiger partial charge in [0.1, 0.15) is 11.4 Å². The summed E-state index contributed by atoms with van der Waals surface area (Å²) in [6.45, 7) is 3.47. The van der Waals surface area contributed by atoms with Crippen LogP contribution >= 0.6 is 0 Å². The SMILES string of the molecule is Cc1ccc(S(=O)(=O)Nc2cc(NS(=O)(=O)c3ccc(C)cc3)c([N+](=O)[O-])cc2[N+](=O)[O-])cc1. The molecule has 0 unspecified atom stereocenters. The Bertz CT molecular complexity index is 1370. The average molecular weight is 507 g/mol. The average Bonchev–Trinajstić information content (AvgIpc) is 2.73. The molecular formula is C20H18N4O8S2. The van der Waals surface area contributed by atoms with Crippen molar-refractivity contribution in [1.82, 2.24) is 0 Å². The first-order valence-corrected chi connectivity index (χ1v) is 12.4. The Morgan fingerprint density at radius 2 is 0.941 bits per heavy atom. The van der Waals surface area contributed by atoms with Crippen molar-refractivity contribution in [2.24, 2.45) is 0 Å². The third-order valence-corrected chi connectivity index (χ3v) is 7.42. The topological polar surface area (TPSA) is 179 Å². The van der Waals surface area contributed by atoms with E-state index in [1.807, 2.05) is 9.44 Å². The summed E-state index contributed by atoms with van der Waals surface area (Å²) in [7, 11) is -8.68. The number of nitro groups is 2. The van der Waals surface area contributed by atoms with E-state index >= 15 is 0 Å². The molecule has 0 aliphatic rings. The molecule has 3 rings (SSSR count). The summed E-state index contributed by atoms with van der Waals surface area (Å²) in [5, 5.41) is 23.0. The number of nitrogens with zero attached hydrogens (tertiary/aromatic N) is 2. The van der Waals surface area contributed by atoms with Crippen molar-refractivity contribution in [3.8, 4) is 0 Å². The van der Waals surface area contributed by atoms with Crippen LogP contribution in [0.5, 0.6) is 0 Å². The van der Waals surface area contributed by atoms with E-state index < -0.39 is 52.6 Å². The molecule has 34 heavy (non-hydrogen) atoms. The van der Waals surface area contributed by atoms with Crippen molar-refractivity contribution in [2.75, 3.05) is 9.44 Å². The van der Waals surface area contributed by atoms with Gasteiger partial charge in [-0.3, -0.25) is 29.7 Å². The van der Waals surface area contributed by atoms with Crippen molar-refractivity contribution in [3.05, 3.63) is 92.0 Å². The van der Waals surface area contributed by atoms with Crippen LogP contribution in [0.15, 0.2) is 70.5 Å². The molecule has 178 valence electrons. The zero-order valence-electron chi connectivity index (χ0n) is 17.8. The van der Waals surface area contributed by atoms with Crippen molar-refractivity contribution in [3.63, 3.8) is 0 Å². The second kappa shape index (κ2) is 9.07. The zero-order valence-corrected chi connectivity index (χ0v) is 19.4. The molecule has 14 heteroatoms. The van der Waals surface area contributed by atoms with Crippen LogP contribution in [-0.2, 0) is 20.0 Å². The fourth-order valence-electron chi connectivity index (χ4n) is 2.89. The number of rotatable bonds is 8. The molecule has 0 aromatic heterocycles. The Hall–Kier alpha value is -4.04. The van der Waals surface area contributed by atoms with Gasteiger partial charge in [-0.15, -0.1) is 0 Å². The number of nitrogens with one attached hydrogen (secondary N) is 2. The highest BCUT2D eigenvalue weighted by Gasteiger charge is 2.30. The molecule has 0 radical (unpaired) electrons. The molecular weight excluding hydrogens is 488 g/mol. The number of hydrogen-bond acceptors (Lipinski definition) is 8. The Morgan fingerprint density at radius 1 is 0.618 bits per heavy atom. The van der Waals surface area contributed by atoms with E-state index in [4.69, 9.17) is 0 Å². The highest BCUT2D eigenvalue weighted by Crippen LogP contribution is 2.38. The highest BCUT2D eigenvalue weighted by atomic mass is 32.2. The van der Waals surface area contributed by atoms with Crippen LogP contribution in [0.25, 0.3) is 0 Å². The summed E-state index contributed by atoms with van der Waals surface area (Å²) in [6, 6.07) is 12.3. The summed E-state index contributed by atoms with van der Waals surface area (Å²) in [5.74, 6) is 0. The Labute approximate surface area is 194 Å². The molecule has 3 aromatic carbocycles. The van der Waals surface area contributed by atoms with E-state index in [9.17, 15) is 37.1 Å². The van der Waals surface area contributed by atoms with Gasteiger partial charge < -0.3 is 0 Å². The van der Waals surface area contributed by atoms with Gasteiger partial charge in [-0.05, 0) is 38.1 Å². The van der Waals surface area contributed by atoms with E-state index in [0.29, 0.717) is 12.1 Å². The summed E-state index contributed by atoms with van der Waals surface area (Å²) in [5.41, 5.74) is -1.63. The normalized spacial score (nSPS) is 11.6. The minimum absolute atomic E-state index is 0.215. The van der Waals surface area contributed by atoms with E-state index in [1.54, 1.807) is 13.8 Å². The van der Waals surface area contributed by atoms with Crippen LogP contribution in [0, 0.1) is 34.1 Å². The van der Waals surface area contributed by atoms with Crippen LogP contribution < -0.4 is 9.44 Å². The van der Waals surface area contributed by atoms with Crippen molar-refractivity contribution in [1.29, 1.82) is 0 Å². The lowest BCUT2D eigenvalue weighted by Gasteiger charge is -2.13. The van der Waals surface area contributed by atoms with Crippen LogP contribution in [0.4, 0.5) is 22.7 Å². The molecule has 0 fully saturated rings. The van der Waals surface area contributed by atoms with Gasteiger partial charge in [-0.2, -0.15) is 0 Å². The van der Waals surface area contributed by atoms with Gasteiger partial charge in [0, 0.05) is 6.07 Å². The third kappa shape index (κ3) is 5.29. The maximum atomic E-state index is 12.8. The second-order valence-corrected chi connectivity index (χ2v) is 10.6. The van der Waals surface area contributed by atoms with Crippen molar-refractivity contribution in [2.45, 2.75) is 23.6 Å². The van der Waals surface area contributed by atoms with E-state index in [0.717, 1.165) is 11.1 Å². The number of aryl methyl sites for hydroxylation is 2. The van der Waals surface area contributed by atoms with Gasteiger partial charge in [-0.25, -0.2) is 16.8 Å². The van der Waals surface area contributed by atoms with Gasteiger partial charge in [0.05, 0.1) is 25.7 Å². The number of sulfonamides is 2. The van der Waals surface area contributed by atoms with Gasteiger partial charge in [-0.1, -0.05) is 35.4 Å². The summed E-state index contributed by atoms with van der Waals surface area (Å²) in [6.07, 6.45) is 0. The van der Waals surface area contributed by atoms with E-state index in [-0.39, 0.29) is 9.79 Å². The summed E-state index contributed by atoms with van der Waals surface area (Å²) in [4.78, 5) is 20.6. The molecule has 0 atom stereocenters. The Balaban J connectivity index is 2.12. The predicted molar refractivity (Wildman–Crippen MR) is 124 cm³/mol. The first kappa shape index (κ1) is 24.6. The first-order valence-electron chi connectivity index (χ1n) is 9.46. The molecule has 0 aliphatic heterocycles. The lowest BCUT2D eigenvalue weighted by molar-refractivity contribution is -0.393. The highest BCUT2D eigenvalue weighted by molar-refractivity contribution is 7.93. The number of hydrogen-bond donors (Lipinski definition) is 2. The van der Waals surface area contributed by atoms with Crippen LogP contribution in [0.3, 0.4) is 0 Å². The molecule has 0 saturated carbocycles. The quantitative estimate of drug-likeness (QED) is 0.343. The first-order chi connectivity index (χ1) is 15.8. The number of anilines is 2. The molecule has 0 spiro atoms. The third-order valence-electron chi connectivity index (χ3n) is 4.66. The number of benzene rings is 3. The van der Waals surface area contributed by atoms with Crippen LogP contribution in [0.2, 0.25) is 0 Å².